The summed E-state index contributed by atoms with van der Waals surface area (Å²) in [6.07, 6.45) is 1.79. The van der Waals surface area contributed by atoms with Crippen molar-refractivity contribution in [1.29, 1.82) is 0 Å². The van der Waals surface area contributed by atoms with E-state index in [1.807, 2.05) is 6.92 Å². The summed E-state index contributed by atoms with van der Waals surface area (Å²) in [6, 6.07) is -0.460. The first-order chi connectivity index (χ1) is 8.04. The van der Waals surface area contributed by atoms with Crippen LogP contribution in [0, 0.1) is 0 Å². The van der Waals surface area contributed by atoms with Crippen molar-refractivity contribution in [3.8, 4) is 0 Å². The molecule has 0 aromatic rings. The quantitative estimate of drug-likeness (QED) is 0.714. The van der Waals surface area contributed by atoms with Crippen molar-refractivity contribution < 1.29 is 18.3 Å². The Morgan fingerprint density at radius 1 is 1.53 bits per heavy atom. The van der Waals surface area contributed by atoms with E-state index in [1.165, 1.54) is 8.61 Å². The molecule has 0 radical (unpaired) electrons. The van der Waals surface area contributed by atoms with E-state index in [9.17, 15) is 13.5 Å². The van der Waals surface area contributed by atoms with Gasteiger partial charge in [0.2, 0.25) is 0 Å². The highest BCUT2D eigenvalue weighted by atomic mass is 32.2. The predicted molar refractivity (Wildman–Crippen MR) is 64.9 cm³/mol. The smallest absolute Gasteiger partial charge is 0.282 e. The maximum absolute atomic E-state index is 12.2. The largest absolute Gasteiger partial charge is 0.395 e. The van der Waals surface area contributed by atoms with Crippen molar-refractivity contribution >= 4 is 10.2 Å². The third kappa shape index (κ3) is 3.62. The zero-order valence-corrected chi connectivity index (χ0v) is 11.3. The lowest BCUT2D eigenvalue weighted by Crippen LogP contribution is -2.54. The van der Waals surface area contributed by atoms with Gasteiger partial charge in [0.15, 0.2) is 0 Å². The van der Waals surface area contributed by atoms with Crippen LogP contribution in [0.4, 0.5) is 0 Å². The number of hydrogen-bond acceptors (Lipinski definition) is 4. The minimum absolute atomic E-state index is 0.207. The zero-order valence-electron chi connectivity index (χ0n) is 10.5. The molecule has 0 bridgehead atoms. The van der Waals surface area contributed by atoms with E-state index in [1.54, 1.807) is 7.05 Å². The van der Waals surface area contributed by atoms with E-state index in [2.05, 4.69) is 0 Å². The molecule has 7 heteroatoms. The lowest BCUT2D eigenvalue weighted by atomic mass is 10.3. The standard InChI is InChI=1S/C10H22N2O4S/c1-3-4-5-11(2)17(14,15)12-6-7-16-9-10(12)8-13/h10,13H,3-9H2,1-2H3. The number of ether oxygens (including phenoxy) is 1. The van der Waals surface area contributed by atoms with E-state index in [0.717, 1.165) is 12.8 Å². The van der Waals surface area contributed by atoms with E-state index in [-0.39, 0.29) is 13.2 Å². The van der Waals surface area contributed by atoms with Gasteiger partial charge in [-0.3, -0.25) is 0 Å². The molecule has 17 heavy (non-hydrogen) atoms. The van der Waals surface area contributed by atoms with E-state index < -0.39 is 16.3 Å². The zero-order chi connectivity index (χ0) is 12.9. The molecule has 1 heterocycles. The summed E-state index contributed by atoms with van der Waals surface area (Å²) in [6.45, 7) is 3.28. The van der Waals surface area contributed by atoms with Gasteiger partial charge in [-0.2, -0.15) is 17.0 Å². The molecule has 1 fully saturated rings. The molecule has 0 aromatic carbocycles. The Labute approximate surface area is 103 Å². The number of morpholine rings is 1. The second kappa shape index (κ2) is 6.65. The van der Waals surface area contributed by atoms with Gasteiger partial charge in [0.1, 0.15) is 0 Å². The van der Waals surface area contributed by atoms with Crippen molar-refractivity contribution in [2.24, 2.45) is 0 Å². The number of nitrogens with zero attached hydrogens (tertiary/aromatic N) is 2. The van der Waals surface area contributed by atoms with Gasteiger partial charge >= 0.3 is 0 Å². The molecule has 0 spiro atoms. The van der Waals surface area contributed by atoms with Crippen LogP contribution in [0.5, 0.6) is 0 Å². The van der Waals surface area contributed by atoms with Gasteiger partial charge in [0.25, 0.3) is 10.2 Å². The molecule has 102 valence electrons. The van der Waals surface area contributed by atoms with Crippen LogP contribution in [0.3, 0.4) is 0 Å². The van der Waals surface area contributed by atoms with Gasteiger partial charge in [-0.05, 0) is 6.42 Å². The van der Waals surface area contributed by atoms with Crippen LogP contribution in [-0.4, -0.2) is 68.1 Å². The Bertz CT molecular complexity index is 320. The second-order valence-corrected chi connectivity index (χ2v) is 6.19. The molecule has 1 atom stereocenters. The maximum atomic E-state index is 12.2. The van der Waals surface area contributed by atoms with Crippen molar-refractivity contribution in [1.82, 2.24) is 8.61 Å². The summed E-state index contributed by atoms with van der Waals surface area (Å²) < 4.78 is 32.4. The summed E-state index contributed by atoms with van der Waals surface area (Å²) in [4.78, 5) is 0. The van der Waals surface area contributed by atoms with Gasteiger partial charge in [0.05, 0.1) is 25.9 Å². The average molecular weight is 266 g/mol. The maximum Gasteiger partial charge on any atom is 0.282 e. The molecule has 6 nitrogen and oxygen atoms in total. The summed E-state index contributed by atoms with van der Waals surface area (Å²) >= 11 is 0. The predicted octanol–water partition coefficient (Wildman–Crippen LogP) is -0.344. The number of rotatable bonds is 6. The first-order valence-corrected chi connectivity index (χ1v) is 7.35. The molecule has 1 rings (SSSR count). The molecule has 1 saturated heterocycles. The average Bonchev–Trinajstić information content (AvgIpc) is 2.35. The third-order valence-electron chi connectivity index (χ3n) is 2.90. The normalized spacial score (nSPS) is 23.2. The summed E-state index contributed by atoms with van der Waals surface area (Å²) in [7, 11) is -1.89. The van der Waals surface area contributed by atoms with Crippen LogP contribution >= 0.6 is 0 Å². The van der Waals surface area contributed by atoms with Gasteiger partial charge in [-0.25, -0.2) is 0 Å². The fraction of sp³-hybridized carbons (Fsp3) is 1.00. The Morgan fingerprint density at radius 3 is 2.82 bits per heavy atom. The van der Waals surface area contributed by atoms with E-state index >= 15 is 0 Å². The first kappa shape index (κ1) is 14.8. The van der Waals surface area contributed by atoms with Gasteiger partial charge in [-0.1, -0.05) is 13.3 Å². The van der Waals surface area contributed by atoms with Crippen LogP contribution in [0.2, 0.25) is 0 Å². The Hall–Kier alpha value is -0.210. The van der Waals surface area contributed by atoms with Crippen molar-refractivity contribution in [2.75, 3.05) is 40.0 Å². The molecule has 1 N–H and O–H groups in total. The Kier molecular flexibility index (Phi) is 5.81. The highest BCUT2D eigenvalue weighted by Gasteiger charge is 2.34. The van der Waals surface area contributed by atoms with Crippen LogP contribution in [0.15, 0.2) is 0 Å². The molecule has 0 aromatic heterocycles. The highest BCUT2D eigenvalue weighted by molar-refractivity contribution is 7.86. The minimum atomic E-state index is -3.47. The van der Waals surface area contributed by atoms with Crippen molar-refractivity contribution in [2.45, 2.75) is 25.8 Å². The Balaban J connectivity index is 2.73. The molecule has 0 saturated carbocycles. The van der Waals surface area contributed by atoms with E-state index in [4.69, 9.17) is 4.74 Å². The first-order valence-electron chi connectivity index (χ1n) is 5.95. The SMILES string of the molecule is CCCCN(C)S(=O)(=O)N1CCOCC1CO. The van der Waals surface area contributed by atoms with Gasteiger partial charge in [0, 0.05) is 20.1 Å². The molecule has 1 aliphatic heterocycles. The van der Waals surface area contributed by atoms with Crippen LogP contribution in [0.1, 0.15) is 19.8 Å². The molecule has 0 amide bonds. The third-order valence-corrected chi connectivity index (χ3v) is 4.94. The van der Waals surface area contributed by atoms with Gasteiger partial charge < -0.3 is 9.84 Å². The number of aliphatic hydroxyl groups excluding tert-OH is 1. The number of aliphatic hydroxyl groups is 1. The lowest BCUT2D eigenvalue weighted by molar-refractivity contribution is 0.00861. The molecule has 1 aliphatic rings. The van der Waals surface area contributed by atoms with Crippen LogP contribution in [0.25, 0.3) is 0 Å². The molecular formula is C10H22N2O4S. The molecular weight excluding hydrogens is 244 g/mol. The monoisotopic (exact) mass is 266 g/mol. The van der Waals surface area contributed by atoms with Crippen LogP contribution < -0.4 is 0 Å². The lowest BCUT2D eigenvalue weighted by Gasteiger charge is -2.35. The molecule has 1 unspecified atom stereocenters. The van der Waals surface area contributed by atoms with Crippen molar-refractivity contribution in [3.63, 3.8) is 0 Å². The Morgan fingerprint density at radius 2 is 2.24 bits per heavy atom. The molecule has 0 aliphatic carbocycles. The summed E-state index contributed by atoms with van der Waals surface area (Å²) in [5.41, 5.74) is 0. The fourth-order valence-electron chi connectivity index (χ4n) is 1.76. The number of hydrogen-bond donors (Lipinski definition) is 1. The van der Waals surface area contributed by atoms with Crippen LogP contribution in [-0.2, 0) is 14.9 Å². The number of unbranched alkanes of at least 4 members (excludes halogenated alkanes) is 1. The van der Waals surface area contributed by atoms with Gasteiger partial charge in [-0.15, -0.1) is 0 Å². The second-order valence-electron chi connectivity index (χ2n) is 4.20. The highest BCUT2D eigenvalue weighted by Crippen LogP contribution is 2.15. The van der Waals surface area contributed by atoms with E-state index in [0.29, 0.717) is 19.7 Å². The van der Waals surface area contributed by atoms with Crippen molar-refractivity contribution in [3.05, 3.63) is 0 Å². The fourth-order valence-corrected chi connectivity index (χ4v) is 3.29. The topological polar surface area (TPSA) is 70.1 Å². The summed E-state index contributed by atoms with van der Waals surface area (Å²) in [5.74, 6) is 0. The minimum Gasteiger partial charge on any atom is -0.395 e. The summed E-state index contributed by atoms with van der Waals surface area (Å²) in [5, 5.41) is 9.18.